The number of carbonyl (C=O) groups is 1. The Morgan fingerprint density at radius 2 is 1.77 bits per heavy atom. The van der Waals surface area contributed by atoms with Crippen LogP contribution in [0.4, 0.5) is 0 Å². The number of para-hydroxylation sites is 1. The Bertz CT molecular complexity index is 885. The lowest BCUT2D eigenvalue weighted by atomic mass is 9.61. The Balaban J connectivity index is 1.46. The fraction of sp³-hybridized carbons (Fsp3) is 0.250. The van der Waals surface area contributed by atoms with Crippen LogP contribution in [0.5, 0.6) is 0 Å². The number of benzene rings is 2. The maximum absolute atomic E-state index is 12.7. The molecule has 0 radical (unpaired) electrons. The molecule has 0 spiro atoms. The molecule has 1 aromatic heterocycles. The lowest BCUT2D eigenvalue weighted by Crippen LogP contribution is -2.56. The summed E-state index contributed by atoms with van der Waals surface area (Å²) in [4.78, 5) is 12.7. The van der Waals surface area contributed by atoms with E-state index in [1.807, 2.05) is 48.5 Å². The van der Waals surface area contributed by atoms with E-state index in [1.165, 1.54) is 11.8 Å². The Kier molecular flexibility index (Phi) is 4.26. The SMILES string of the molecule is NCC1(c2ccccc2)CC(NC(=O)c2cnnn2-c2ccccc2)C1. The van der Waals surface area contributed by atoms with Crippen molar-refractivity contribution in [2.24, 2.45) is 5.73 Å². The number of hydrogen-bond acceptors (Lipinski definition) is 4. The van der Waals surface area contributed by atoms with E-state index in [0.29, 0.717) is 12.2 Å². The van der Waals surface area contributed by atoms with E-state index in [4.69, 9.17) is 5.73 Å². The van der Waals surface area contributed by atoms with Crippen LogP contribution in [0.3, 0.4) is 0 Å². The lowest BCUT2D eigenvalue weighted by molar-refractivity contribution is 0.0858. The second-order valence-corrected chi connectivity index (χ2v) is 6.80. The fourth-order valence-corrected chi connectivity index (χ4v) is 3.71. The van der Waals surface area contributed by atoms with Crippen molar-refractivity contribution < 1.29 is 4.79 Å². The van der Waals surface area contributed by atoms with Crippen molar-refractivity contribution in [3.05, 3.63) is 78.1 Å². The lowest BCUT2D eigenvalue weighted by Gasteiger charge is -2.47. The highest BCUT2D eigenvalue weighted by atomic mass is 16.2. The summed E-state index contributed by atoms with van der Waals surface area (Å²) in [6.07, 6.45) is 3.17. The summed E-state index contributed by atoms with van der Waals surface area (Å²) in [5, 5.41) is 11.0. The van der Waals surface area contributed by atoms with Crippen molar-refractivity contribution in [2.75, 3.05) is 6.54 Å². The Morgan fingerprint density at radius 1 is 1.12 bits per heavy atom. The molecule has 1 aliphatic rings. The fourth-order valence-electron chi connectivity index (χ4n) is 3.71. The first-order valence-electron chi connectivity index (χ1n) is 8.74. The third-order valence-electron chi connectivity index (χ3n) is 5.17. The van der Waals surface area contributed by atoms with E-state index in [9.17, 15) is 4.79 Å². The molecule has 1 saturated carbocycles. The van der Waals surface area contributed by atoms with Gasteiger partial charge in [-0.3, -0.25) is 4.79 Å². The maximum Gasteiger partial charge on any atom is 0.271 e. The number of nitrogens with zero attached hydrogens (tertiary/aromatic N) is 3. The summed E-state index contributed by atoms with van der Waals surface area (Å²) < 4.78 is 1.56. The molecule has 0 saturated heterocycles. The summed E-state index contributed by atoms with van der Waals surface area (Å²) in [5.74, 6) is -0.164. The van der Waals surface area contributed by atoms with Crippen molar-refractivity contribution in [1.82, 2.24) is 20.3 Å². The van der Waals surface area contributed by atoms with Crippen LogP contribution in [0.1, 0.15) is 28.9 Å². The molecule has 132 valence electrons. The zero-order chi connectivity index (χ0) is 18.0. The molecule has 6 heteroatoms. The van der Waals surface area contributed by atoms with Crippen molar-refractivity contribution >= 4 is 5.91 Å². The molecule has 0 atom stereocenters. The van der Waals surface area contributed by atoms with E-state index < -0.39 is 0 Å². The van der Waals surface area contributed by atoms with Crippen LogP contribution in [0.25, 0.3) is 5.69 Å². The summed E-state index contributed by atoms with van der Waals surface area (Å²) in [7, 11) is 0. The predicted molar refractivity (Wildman–Crippen MR) is 99.0 cm³/mol. The van der Waals surface area contributed by atoms with E-state index in [-0.39, 0.29) is 17.4 Å². The van der Waals surface area contributed by atoms with Gasteiger partial charge in [-0.2, -0.15) is 0 Å². The normalized spacial score (nSPS) is 21.8. The highest BCUT2D eigenvalue weighted by molar-refractivity contribution is 5.93. The molecule has 2 aromatic carbocycles. The number of carbonyl (C=O) groups excluding carboxylic acids is 1. The van der Waals surface area contributed by atoms with Crippen LogP contribution in [-0.4, -0.2) is 33.5 Å². The van der Waals surface area contributed by atoms with Gasteiger partial charge in [0.05, 0.1) is 11.9 Å². The zero-order valence-corrected chi connectivity index (χ0v) is 14.4. The van der Waals surface area contributed by atoms with E-state index >= 15 is 0 Å². The van der Waals surface area contributed by atoms with Crippen molar-refractivity contribution in [3.63, 3.8) is 0 Å². The zero-order valence-electron chi connectivity index (χ0n) is 14.4. The van der Waals surface area contributed by atoms with Crippen LogP contribution in [0.15, 0.2) is 66.9 Å². The molecule has 3 aromatic rings. The van der Waals surface area contributed by atoms with Gasteiger partial charge in [0.25, 0.3) is 5.91 Å². The molecule has 0 unspecified atom stereocenters. The average Bonchev–Trinajstić information content (AvgIpc) is 3.15. The molecule has 1 aliphatic carbocycles. The Hall–Kier alpha value is -2.99. The first-order valence-corrected chi connectivity index (χ1v) is 8.74. The minimum atomic E-state index is -0.164. The minimum absolute atomic E-state index is 0.0445. The highest BCUT2D eigenvalue weighted by Crippen LogP contribution is 2.43. The van der Waals surface area contributed by atoms with Gasteiger partial charge in [0, 0.05) is 18.0 Å². The number of hydrogen-bond donors (Lipinski definition) is 2. The largest absolute Gasteiger partial charge is 0.348 e. The average molecular weight is 347 g/mol. The van der Waals surface area contributed by atoms with Gasteiger partial charge >= 0.3 is 0 Å². The summed E-state index contributed by atoms with van der Waals surface area (Å²) in [5.41, 5.74) is 8.49. The topological polar surface area (TPSA) is 85.8 Å². The molecule has 1 heterocycles. The summed E-state index contributed by atoms with van der Waals surface area (Å²) in [6.45, 7) is 0.576. The van der Waals surface area contributed by atoms with Crippen LogP contribution >= 0.6 is 0 Å². The van der Waals surface area contributed by atoms with Gasteiger partial charge in [0.15, 0.2) is 5.69 Å². The van der Waals surface area contributed by atoms with Crippen molar-refractivity contribution in [2.45, 2.75) is 24.3 Å². The third-order valence-corrected chi connectivity index (χ3v) is 5.17. The first kappa shape index (κ1) is 16.5. The summed E-state index contributed by atoms with van der Waals surface area (Å²) in [6, 6.07) is 19.9. The van der Waals surface area contributed by atoms with E-state index in [1.54, 1.807) is 4.68 Å². The molecule has 3 N–H and O–H groups in total. The molecular formula is C20H21N5O. The molecule has 0 aliphatic heterocycles. The number of nitrogens with two attached hydrogens (primary N) is 1. The van der Waals surface area contributed by atoms with Gasteiger partial charge < -0.3 is 11.1 Å². The number of nitrogens with one attached hydrogen (secondary N) is 1. The number of aromatic nitrogens is 3. The Labute approximate surface area is 152 Å². The van der Waals surface area contributed by atoms with Gasteiger partial charge in [-0.25, -0.2) is 4.68 Å². The van der Waals surface area contributed by atoms with Gasteiger partial charge in [-0.05, 0) is 30.5 Å². The van der Waals surface area contributed by atoms with Crippen LogP contribution in [0, 0.1) is 0 Å². The van der Waals surface area contributed by atoms with E-state index in [2.05, 4.69) is 27.8 Å². The Morgan fingerprint density at radius 3 is 2.42 bits per heavy atom. The van der Waals surface area contributed by atoms with Crippen molar-refractivity contribution in [3.8, 4) is 5.69 Å². The van der Waals surface area contributed by atoms with Crippen LogP contribution in [-0.2, 0) is 5.41 Å². The highest BCUT2D eigenvalue weighted by Gasteiger charge is 2.45. The second kappa shape index (κ2) is 6.72. The summed E-state index contributed by atoms with van der Waals surface area (Å²) >= 11 is 0. The molecular weight excluding hydrogens is 326 g/mol. The molecule has 0 bridgehead atoms. The molecule has 4 rings (SSSR count). The first-order chi connectivity index (χ1) is 12.7. The van der Waals surface area contributed by atoms with Gasteiger partial charge in [-0.1, -0.05) is 53.7 Å². The predicted octanol–water partition coefficient (Wildman–Crippen LogP) is 2.06. The molecule has 1 fully saturated rings. The number of rotatable bonds is 5. The standard InChI is InChI=1S/C20H21N5O/c21-14-20(15-7-3-1-4-8-15)11-16(12-20)23-19(26)18-13-22-24-25(18)17-9-5-2-6-10-17/h1-10,13,16H,11-12,14,21H2,(H,23,26). The minimum Gasteiger partial charge on any atom is -0.348 e. The third kappa shape index (κ3) is 2.88. The molecule has 1 amide bonds. The van der Waals surface area contributed by atoms with Crippen molar-refractivity contribution in [1.29, 1.82) is 0 Å². The monoisotopic (exact) mass is 347 g/mol. The number of amides is 1. The smallest absolute Gasteiger partial charge is 0.271 e. The van der Waals surface area contributed by atoms with Gasteiger partial charge in [0.1, 0.15) is 0 Å². The van der Waals surface area contributed by atoms with Crippen LogP contribution < -0.4 is 11.1 Å². The maximum atomic E-state index is 12.7. The second-order valence-electron chi connectivity index (χ2n) is 6.80. The molecule has 6 nitrogen and oxygen atoms in total. The van der Waals surface area contributed by atoms with E-state index in [0.717, 1.165) is 18.5 Å². The van der Waals surface area contributed by atoms with Crippen LogP contribution in [0.2, 0.25) is 0 Å². The molecule has 26 heavy (non-hydrogen) atoms. The van der Waals surface area contributed by atoms with Gasteiger partial charge in [0.2, 0.25) is 0 Å². The quantitative estimate of drug-likeness (QED) is 0.740. The van der Waals surface area contributed by atoms with Gasteiger partial charge in [-0.15, -0.1) is 5.10 Å².